The molecule has 1 fully saturated rings. The third kappa shape index (κ3) is 2.27. The van der Waals surface area contributed by atoms with Crippen molar-refractivity contribution in [3.05, 3.63) is 30.1 Å². The Morgan fingerprint density at radius 1 is 1.32 bits per heavy atom. The summed E-state index contributed by atoms with van der Waals surface area (Å²) in [5.74, 6) is 1.99. The monoisotopic (exact) mass is 257 g/mol. The predicted molar refractivity (Wildman–Crippen MR) is 79.3 cm³/mol. The molecule has 0 saturated carbocycles. The van der Waals surface area contributed by atoms with Crippen molar-refractivity contribution in [1.29, 1.82) is 0 Å². The molecule has 3 rings (SSSR count). The summed E-state index contributed by atoms with van der Waals surface area (Å²) >= 11 is 0. The van der Waals surface area contributed by atoms with Crippen molar-refractivity contribution in [2.45, 2.75) is 45.7 Å². The number of nitrogens with zero attached hydrogens (tertiary/aromatic N) is 2. The molecule has 1 aromatic heterocycles. The Morgan fingerprint density at radius 3 is 2.84 bits per heavy atom. The quantitative estimate of drug-likeness (QED) is 0.889. The molecule has 2 heterocycles. The van der Waals surface area contributed by atoms with Crippen LogP contribution < -0.4 is 5.32 Å². The molecule has 0 amide bonds. The molecule has 1 N–H and O–H groups in total. The van der Waals surface area contributed by atoms with Gasteiger partial charge in [0.15, 0.2) is 0 Å². The molecule has 2 atom stereocenters. The number of benzene rings is 1. The van der Waals surface area contributed by atoms with Gasteiger partial charge in [0.05, 0.1) is 17.1 Å². The minimum atomic E-state index is 0.401. The van der Waals surface area contributed by atoms with Gasteiger partial charge in [-0.15, -0.1) is 0 Å². The summed E-state index contributed by atoms with van der Waals surface area (Å²) in [6, 6.07) is 9.31. The minimum Gasteiger partial charge on any atom is -0.324 e. The highest BCUT2D eigenvalue weighted by Crippen LogP contribution is 2.30. The van der Waals surface area contributed by atoms with Gasteiger partial charge in [-0.3, -0.25) is 0 Å². The summed E-state index contributed by atoms with van der Waals surface area (Å²) in [5, 5.41) is 3.64. The van der Waals surface area contributed by atoms with Crippen LogP contribution in [0.1, 0.15) is 51.5 Å². The first-order chi connectivity index (χ1) is 9.16. The highest BCUT2D eigenvalue weighted by atomic mass is 15.1. The van der Waals surface area contributed by atoms with Crippen molar-refractivity contribution in [1.82, 2.24) is 14.9 Å². The number of nitrogens with one attached hydrogen (secondary N) is 1. The van der Waals surface area contributed by atoms with E-state index < -0.39 is 0 Å². The van der Waals surface area contributed by atoms with Crippen LogP contribution in [0.15, 0.2) is 24.3 Å². The number of piperidine rings is 1. The van der Waals surface area contributed by atoms with Gasteiger partial charge in [0.25, 0.3) is 0 Å². The second-order valence-corrected chi connectivity index (χ2v) is 6.06. The largest absolute Gasteiger partial charge is 0.324 e. The summed E-state index contributed by atoms with van der Waals surface area (Å²) in [6.07, 6.45) is 2.47. The predicted octanol–water partition coefficient (Wildman–Crippen LogP) is 3.68. The number of fused-ring (bicyclic) bond motifs is 1. The molecular formula is C16H23N3. The van der Waals surface area contributed by atoms with Crippen molar-refractivity contribution in [2.75, 3.05) is 6.54 Å². The lowest BCUT2D eigenvalue weighted by Gasteiger charge is -2.29. The third-order valence-corrected chi connectivity index (χ3v) is 4.12. The second kappa shape index (κ2) is 4.97. The van der Waals surface area contributed by atoms with E-state index in [0.29, 0.717) is 12.1 Å². The topological polar surface area (TPSA) is 29.9 Å². The Bertz CT molecular complexity index is 570. The van der Waals surface area contributed by atoms with Crippen LogP contribution in [0.4, 0.5) is 0 Å². The molecule has 3 heteroatoms. The van der Waals surface area contributed by atoms with Crippen LogP contribution in [0.5, 0.6) is 0 Å². The van der Waals surface area contributed by atoms with Crippen molar-refractivity contribution < 1.29 is 0 Å². The van der Waals surface area contributed by atoms with E-state index in [1.165, 1.54) is 24.2 Å². The number of hydrogen-bond acceptors (Lipinski definition) is 2. The van der Waals surface area contributed by atoms with Crippen LogP contribution in [-0.4, -0.2) is 16.1 Å². The van der Waals surface area contributed by atoms with Gasteiger partial charge in [-0.25, -0.2) is 4.98 Å². The van der Waals surface area contributed by atoms with Gasteiger partial charge in [0.2, 0.25) is 0 Å². The van der Waals surface area contributed by atoms with Gasteiger partial charge in [-0.2, -0.15) is 0 Å². The average molecular weight is 257 g/mol. The molecule has 3 nitrogen and oxygen atoms in total. The van der Waals surface area contributed by atoms with E-state index in [0.717, 1.165) is 18.0 Å². The van der Waals surface area contributed by atoms with E-state index in [-0.39, 0.29) is 0 Å². The first-order valence-electron chi connectivity index (χ1n) is 7.37. The fourth-order valence-corrected chi connectivity index (χ4v) is 3.16. The molecule has 1 aliphatic heterocycles. The number of rotatable bonds is 2. The number of para-hydroxylation sites is 2. The van der Waals surface area contributed by atoms with Crippen LogP contribution >= 0.6 is 0 Å². The second-order valence-electron chi connectivity index (χ2n) is 6.06. The highest BCUT2D eigenvalue weighted by Gasteiger charge is 2.25. The smallest absolute Gasteiger partial charge is 0.127 e. The molecule has 1 saturated heterocycles. The molecular weight excluding hydrogens is 234 g/mol. The summed E-state index contributed by atoms with van der Waals surface area (Å²) < 4.78 is 2.39. The van der Waals surface area contributed by atoms with E-state index in [2.05, 4.69) is 54.9 Å². The first kappa shape index (κ1) is 12.7. The van der Waals surface area contributed by atoms with Gasteiger partial charge in [0.1, 0.15) is 5.82 Å². The maximum atomic E-state index is 4.89. The Labute approximate surface area is 115 Å². The number of hydrogen-bond donors (Lipinski definition) is 1. The van der Waals surface area contributed by atoms with Gasteiger partial charge in [-0.05, 0) is 51.3 Å². The summed E-state index contributed by atoms with van der Waals surface area (Å²) in [4.78, 5) is 4.89. The van der Waals surface area contributed by atoms with E-state index in [1.807, 2.05) is 0 Å². The molecule has 0 bridgehead atoms. The lowest BCUT2D eigenvalue weighted by atomic mass is 9.94. The Hall–Kier alpha value is -1.35. The molecule has 102 valence electrons. The van der Waals surface area contributed by atoms with Crippen molar-refractivity contribution in [3.8, 4) is 0 Å². The van der Waals surface area contributed by atoms with Crippen LogP contribution in [0.3, 0.4) is 0 Å². The third-order valence-electron chi connectivity index (χ3n) is 4.12. The van der Waals surface area contributed by atoms with Gasteiger partial charge in [-0.1, -0.05) is 19.1 Å². The maximum absolute atomic E-state index is 4.89. The van der Waals surface area contributed by atoms with Crippen LogP contribution in [0.25, 0.3) is 11.0 Å². The Kier molecular flexibility index (Phi) is 3.31. The molecule has 0 radical (unpaired) electrons. The lowest BCUT2D eigenvalue weighted by Crippen LogP contribution is -2.33. The summed E-state index contributed by atoms with van der Waals surface area (Å²) in [7, 11) is 0. The summed E-state index contributed by atoms with van der Waals surface area (Å²) in [6.45, 7) is 7.93. The van der Waals surface area contributed by atoms with E-state index >= 15 is 0 Å². The molecule has 2 aromatic rings. The van der Waals surface area contributed by atoms with E-state index in [9.17, 15) is 0 Å². The van der Waals surface area contributed by atoms with Gasteiger partial charge in [0, 0.05) is 6.04 Å². The first-order valence-corrected chi connectivity index (χ1v) is 7.37. The van der Waals surface area contributed by atoms with Crippen molar-refractivity contribution in [2.24, 2.45) is 5.92 Å². The van der Waals surface area contributed by atoms with Crippen LogP contribution in [0.2, 0.25) is 0 Å². The molecule has 1 aromatic carbocycles. The normalized spacial score (nSPS) is 24.2. The maximum Gasteiger partial charge on any atom is 0.127 e. The van der Waals surface area contributed by atoms with Crippen LogP contribution in [-0.2, 0) is 0 Å². The fourth-order valence-electron chi connectivity index (χ4n) is 3.16. The molecule has 2 unspecified atom stereocenters. The molecule has 0 aliphatic carbocycles. The van der Waals surface area contributed by atoms with Crippen molar-refractivity contribution in [3.63, 3.8) is 0 Å². The minimum absolute atomic E-state index is 0.401. The van der Waals surface area contributed by atoms with Crippen molar-refractivity contribution >= 4 is 11.0 Å². The number of imidazole rings is 1. The average Bonchev–Trinajstić information content (AvgIpc) is 2.78. The lowest BCUT2D eigenvalue weighted by molar-refractivity contribution is 0.307. The van der Waals surface area contributed by atoms with Gasteiger partial charge >= 0.3 is 0 Å². The van der Waals surface area contributed by atoms with Crippen LogP contribution in [0, 0.1) is 5.92 Å². The fraction of sp³-hybridized carbons (Fsp3) is 0.562. The molecule has 19 heavy (non-hydrogen) atoms. The zero-order valence-corrected chi connectivity index (χ0v) is 12.1. The summed E-state index contributed by atoms with van der Waals surface area (Å²) in [5.41, 5.74) is 2.37. The highest BCUT2D eigenvalue weighted by molar-refractivity contribution is 5.76. The van der Waals surface area contributed by atoms with Gasteiger partial charge < -0.3 is 9.88 Å². The Balaban J connectivity index is 2.09. The molecule has 0 spiro atoms. The zero-order valence-electron chi connectivity index (χ0n) is 12.1. The number of aromatic nitrogens is 2. The molecule has 1 aliphatic rings. The van der Waals surface area contributed by atoms with E-state index in [1.54, 1.807) is 0 Å². The Morgan fingerprint density at radius 2 is 2.11 bits per heavy atom. The standard InChI is InChI=1S/C16H23N3/c1-11(2)19-15-7-5-4-6-13(15)18-16(19)14-10-12(3)8-9-17-14/h4-7,11-12,14,17H,8-10H2,1-3H3. The van der Waals surface area contributed by atoms with E-state index in [4.69, 9.17) is 4.98 Å². The SMILES string of the molecule is CC1CCNC(c2nc3ccccc3n2C(C)C)C1. The zero-order chi connectivity index (χ0) is 13.4.